The fraction of sp³-hybridized carbons (Fsp3) is 0.400. The minimum absolute atomic E-state index is 0.0584. The Morgan fingerprint density at radius 3 is 2.86 bits per heavy atom. The first-order valence-corrected chi connectivity index (χ1v) is 10.3. The molecule has 1 spiro atoms. The van der Waals surface area contributed by atoms with Crippen molar-refractivity contribution in [1.29, 1.82) is 0 Å². The number of thiazole rings is 1. The van der Waals surface area contributed by atoms with Gasteiger partial charge in [0, 0.05) is 30.7 Å². The molecule has 9 heteroatoms. The zero-order valence-corrected chi connectivity index (χ0v) is 17.1. The summed E-state index contributed by atoms with van der Waals surface area (Å²) in [4.78, 5) is 44.3. The van der Waals surface area contributed by atoms with E-state index in [1.165, 1.54) is 16.2 Å². The van der Waals surface area contributed by atoms with Crippen LogP contribution < -0.4 is 15.4 Å². The van der Waals surface area contributed by atoms with Gasteiger partial charge in [-0.1, -0.05) is 12.1 Å². The molecule has 0 bridgehead atoms. The van der Waals surface area contributed by atoms with Gasteiger partial charge in [0.1, 0.15) is 5.75 Å². The van der Waals surface area contributed by atoms with E-state index in [0.717, 1.165) is 10.6 Å². The van der Waals surface area contributed by atoms with Crippen molar-refractivity contribution in [3.8, 4) is 5.75 Å². The topological polar surface area (TPSA) is 101 Å². The van der Waals surface area contributed by atoms with E-state index in [4.69, 9.17) is 4.74 Å². The van der Waals surface area contributed by atoms with Gasteiger partial charge in [0.15, 0.2) is 10.9 Å². The number of aryl methyl sites for hydroxylation is 2. The summed E-state index contributed by atoms with van der Waals surface area (Å²) in [5, 5.41) is 6.21. The number of fused-ring (bicyclic) bond motifs is 1. The minimum atomic E-state index is -0.935. The van der Waals surface area contributed by atoms with E-state index in [1.54, 1.807) is 18.2 Å². The molecule has 4 rings (SSSR count). The van der Waals surface area contributed by atoms with Crippen LogP contribution in [0.3, 0.4) is 0 Å². The fourth-order valence-corrected chi connectivity index (χ4v) is 4.37. The average Bonchev–Trinajstić information content (AvgIpc) is 2.92. The van der Waals surface area contributed by atoms with E-state index < -0.39 is 5.72 Å². The summed E-state index contributed by atoms with van der Waals surface area (Å²) in [5.41, 5.74) is 0.429. The summed E-state index contributed by atoms with van der Waals surface area (Å²) in [6.45, 7) is 4.08. The van der Waals surface area contributed by atoms with E-state index in [-0.39, 0.29) is 30.7 Å². The second-order valence-corrected chi connectivity index (χ2v) is 8.52. The van der Waals surface area contributed by atoms with Crippen molar-refractivity contribution in [3.05, 3.63) is 40.4 Å². The highest BCUT2D eigenvalue weighted by Crippen LogP contribution is 2.33. The van der Waals surface area contributed by atoms with Gasteiger partial charge >= 0.3 is 0 Å². The largest absolute Gasteiger partial charge is 0.467 e. The van der Waals surface area contributed by atoms with Gasteiger partial charge in [-0.15, -0.1) is 11.3 Å². The number of amides is 3. The number of aromatic nitrogens is 1. The SMILES string of the molecule is Cc1nc(NC(=O)CN2CCC3(CCC2=O)NC(=O)c2ccccc2O3)sc1C. The van der Waals surface area contributed by atoms with Crippen LogP contribution in [0, 0.1) is 13.8 Å². The molecule has 1 aromatic heterocycles. The molecule has 1 fully saturated rings. The maximum atomic E-state index is 12.6. The average molecular weight is 414 g/mol. The number of likely N-dealkylation sites (tertiary alicyclic amines) is 1. The van der Waals surface area contributed by atoms with Gasteiger partial charge in [-0.3, -0.25) is 14.4 Å². The molecule has 2 aliphatic heterocycles. The molecule has 1 unspecified atom stereocenters. The Balaban J connectivity index is 1.43. The Bertz CT molecular complexity index is 969. The summed E-state index contributed by atoms with van der Waals surface area (Å²) < 4.78 is 6.10. The Morgan fingerprint density at radius 2 is 2.10 bits per heavy atom. The van der Waals surface area contributed by atoms with Crippen molar-refractivity contribution in [1.82, 2.24) is 15.2 Å². The molecule has 0 saturated carbocycles. The highest BCUT2D eigenvalue weighted by Gasteiger charge is 2.42. The van der Waals surface area contributed by atoms with Crippen LogP contribution in [0.1, 0.15) is 40.2 Å². The van der Waals surface area contributed by atoms with Crippen molar-refractivity contribution in [2.75, 3.05) is 18.4 Å². The predicted octanol–water partition coefficient (Wildman–Crippen LogP) is 2.23. The molecule has 8 nitrogen and oxygen atoms in total. The Labute approximate surface area is 172 Å². The Kier molecular flexibility index (Phi) is 4.99. The van der Waals surface area contributed by atoms with Gasteiger partial charge in [0.2, 0.25) is 11.8 Å². The predicted molar refractivity (Wildman–Crippen MR) is 108 cm³/mol. The van der Waals surface area contributed by atoms with Gasteiger partial charge in [-0.2, -0.15) is 0 Å². The molecule has 1 saturated heterocycles. The zero-order chi connectivity index (χ0) is 20.6. The molecule has 0 aliphatic carbocycles. The molecule has 152 valence electrons. The third-order valence-electron chi connectivity index (χ3n) is 5.27. The standard InChI is InChI=1S/C20H22N4O4S/c1-12-13(2)29-19(21-12)22-16(25)11-24-10-9-20(8-7-17(24)26)23-18(27)14-5-3-4-6-15(14)28-20/h3-6H,7-11H2,1-2H3,(H,23,27)(H,21,22,25). The number of hydrogen-bond acceptors (Lipinski definition) is 6. The molecule has 1 aromatic carbocycles. The fourth-order valence-electron chi connectivity index (χ4n) is 3.54. The Morgan fingerprint density at radius 1 is 1.31 bits per heavy atom. The van der Waals surface area contributed by atoms with E-state index in [2.05, 4.69) is 15.6 Å². The van der Waals surface area contributed by atoms with Gasteiger partial charge < -0.3 is 20.3 Å². The van der Waals surface area contributed by atoms with Crippen LogP contribution in [-0.4, -0.2) is 46.4 Å². The summed E-state index contributed by atoms with van der Waals surface area (Å²) in [6.07, 6.45) is 0.946. The lowest BCUT2D eigenvalue weighted by molar-refractivity contribution is -0.134. The highest BCUT2D eigenvalue weighted by molar-refractivity contribution is 7.15. The highest BCUT2D eigenvalue weighted by atomic mass is 32.1. The van der Waals surface area contributed by atoms with Gasteiger partial charge in [-0.05, 0) is 26.0 Å². The number of carbonyl (C=O) groups is 3. The molecule has 3 heterocycles. The number of nitrogens with one attached hydrogen (secondary N) is 2. The van der Waals surface area contributed by atoms with Crippen molar-refractivity contribution in [2.45, 2.75) is 38.8 Å². The second kappa shape index (κ2) is 7.47. The lowest BCUT2D eigenvalue weighted by Crippen LogP contribution is -2.56. The summed E-state index contributed by atoms with van der Waals surface area (Å²) in [5.74, 6) is -0.119. The van der Waals surface area contributed by atoms with E-state index in [9.17, 15) is 14.4 Å². The molecule has 29 heavy (non-hydrogen) atoms. The van der Waals surface area contributed by atoms with Gasteiger partial charge in [0.25, 0.3) is 5.91 Å². The second-order valence-electron chi connectivity index (χ2n) is 7.32. The third-order valence-corrected chi connectivity index (χ3v) is 6.26. The minimum Gasteiger partial charge on any atom is -0.467 e. The van der Waals surface area contributed by atoms with E-state index in [0.29, 0.717) is 35.8 Å². The summed E-state index contributed by atoms with van der Waals surface area (Å²) >= 11 is 1.41. The number of carbonyl (C=O) groups excluding carboxylic acids is 3. The number of para-hydroxylation sites is 1. The first kappa shape index (κ1) is 19.4. The van der Waals surface area contributed by atoms with E-state index in [1.807, 2.05) is 19.9 Å². The van der Waals surface area contributed by atoms with Gasteiger partial charge in [0.05, 0.1) is 17.8 Å². The van der Waals surface area contributed by atoms with Crippen molar-refractivity contribution >= 4 is 34.2 Å². The first-order valence-electron chi connectivity index (χ1n) is 9.47. The number of anilines is 1. The smallest absolute Gasteiger partial charge is 0.258 e. The van der Waals surface area contributed by atoms with Gasteiger partial charge in [-0.25, -0.2) is 4.98 Å². The van der Waals surface area contributed by atoms with Crippen LogP contribution in [0.4, 0.5) is 5.13 Å². The lowest BCUT2D eigenvalue weighted by atomic mass is 10.0. The van der Waals surface area contributed by atoms with Crippen molar-refractivity contribution in [3.63, 3.8) is 0 Å². The van der Waals surface area contributed by atoms with Crippen LogP contribution in [0.2, 0.25) is 0 Å². The monoisotopic (exact) mass is 414 g/mol. The first-order chi connectivity index (χ1) is 13.8. The maximum absolute atomic E-state index is 12.6. The lowest BCUT2D eigenvalue weighted by Gasteiger charge is -2.38. The van der Waals surface area contributed by atoms with Crippen LogP contribution in [0.25, 0.3) is 0 Å². The quantitative estimate of drug-likeness (QED) is 0.802. The van der Waals surface area contributed by atoms with E-state index >= 15 is 0 Å². The van der Waals surface area contributed by atoms with Crippen molar-refractivity contribution < 1.29 is 19.1 Å². The normalized spacial score (nSPS) is 21.2. The molecule has 2 N–H and O–H groups in total. The van der Waals surface area contributed by atoms with Crippen LogP contribution in [0.15, 0.2) is 24.3 Å². The number of benzene rings is 1. The molecular formula is C20H22N4O4S. The molecule has 2 aromatic rings. The summed E-state index contributed by atoms with van der Waals surface area (Å²) in [7, 11) is 0. The van der Waals surface area contributed by atoms with Crippen molar-refractivity contribution in [2.24, 2.45) is 0 Å². The number of ether oxygens (including phenoxy) is 1. The number of hydrogen-bond donors (Lipinski definition) is 2. The van der Waals surface area contributed by atoms with Crippen LogP contribution in [-0.2, 0) is 9.59 Å². The molecule has 2 aliphatic rings. The van der Waals surface area contributed by atoms with Crippen LogP contribution >= 0.6 is 11.3 Å². The maximum Gasteiger partial charge on any atom is 0.258 e. The summed E-state index contributed by atoms with van der Waals surface area (Å²) in [6, 6.07) is 7.05. The molecular weight excluding hydrogens is 392 g/mol. The molecule has 0 radical (unpaired) electrons. The number of rotatable bonds is 3. The molecule has 3 amide bonds. The Hall–Kier alpha value is -2.94. The number of nitrogens with zero attached hydrogens (tertiary/aromatic N) is 2. The third kappa shape index (κ3) is 3.95. The molecule has 1 atom stereocenters. The van der Waals surface area contributed by atoms with Crippen LogP contribution in [0.5, 0.6) is 5.75 Å². The zero-order valence-electron chi connectivity index (χ0n) is 16.3.